The van der Waals surface area contributed by atoms with E-state index in [1.165, 1.54) is 0 Å². The fraction of sp³-hybridized carbons (Fsp3) is 0.350. The largest absolute Gasteiger partial charge is 0.481 e. The number of nitrogens with zero attached hydrogens (tertiary/aromatic N) is 1. The molecule has 0 amide bonds. The Kier molecular flexibility index (Phi) is 3.90. The number of benzene rings is 1. The summed E-state index contributed by atoms with van der Waals surface area (Å²) in [5, 5.41) is 10.6. The summed E-state index contributed by atoms with van der Waals surface area (Å²) in [5.41, 5.74) is 0.216. The minimum Gasteiger partial charge on any atom is -0.481 e. The van der Waals surface area contributed by atoms with Gasteiger partial charge in [0.05, 0.1) is 16.8 Å². The Morgan fingerprint density at radius 3 is 2.56 bits per heavy atom. The summed E-state index contributed by atoms with van der Waals surface area (Å²) in [7, 11) is 0. The number of aliphatic carboxylic acids is 1. The first kappa shape index (κ1) is 17.1. The number of carbonyl (C=O) groups is 2. The van der Waals surface area contributed by atoms with E-state index in [4.69, 9.17) is 4.74 Å². The topological polar surface area (TPSA) is 76.5 Å². The van der Waals surface area contributed by atoms with Crippen LogP contribution in [0.25, 0.3) is 16.5 Å². The van der Waals surface area contributed by atoms with E-state index in [9.17, 15) is 14.7 Å². The molecule has 1 N–H and O–H groups in total. The zero-order valence-corrected chi connectivity index (χ0v) is 14.8. The molecule has 1 unspecified atom stereocenters. The Balaban J connectivity index is 2.21. The molecule has 130 valence electrons. The summed E-state index contributed by atoms with van der Waals surface area (Å²) >= 11 is 0. The minimum atomic E-state index is -1.18. The van der Waals surface area contributed by atoms with E-state index < -0.39 is 23.0 Å². The summed E-state index contributed by atoms with van der Waals surface area (Å²) < 4.78 is 5.49. The quantitative estimate of drug-likeness (QED) is 0.844. The normalized spacial score (nSPS) is 19.9. The third kappa shape index (κ3) is 3.02. The van der Waals surface area contributed by atoms with Gasteiger partial charge in [-0.3, -0.25) is 9.78 Å². The number of carbonyl (C=O) groups excluding carboxylic acids is 1. The van der Waals surface area contributed by atoms with Gasteiger partial charge in [-0.2, -0.15) is 0 Å². The van der Waals surface area contributed by atoms with Crippen LogP contribution in [0.3, 0.4) is 0 Å². The van der Waals surface area contributed by atoms with Gasteiger partial charge in [0.1, 0.15) is 11.0 Å². The Morgan fingerprint density at radius 2 is 1.92 bits per heavy atom. The highest BCUT2D eigenvalue weighted by atomic mass is 16.6. The molecular weight excluding hydrogens is 318 g/mol. The lowest BCUT2D eigenvalue weighted by atomic mass is 9.74. The predicted molar refractivity (Wildman–Crippen MR) is 95.2 cm³/mol. The molecule has 0 aliphatic heterocycles. The maximum absolute atomic E-state index is 12.6. The van der Waals surface area contributed by atoms with Crippen molar-refractivity contribution in [1.82, 2.24) is 4.98 Å². The van der Waals surface area contributed by atoms with Crippen molar-refractivity contribution >= 4 is 28.4 Å². The first-order chi connectivity index (χ1) is 11.6. The highest BCUT2D eigenvalue weighted by Crippen LogP contribution is 2.40. The van der Waals surface area contributed by atoms with Crippen LogP contribution >= 0.6 is 0 Å². The highest BCUT2D eigenvalue weighted by molar-refractivity contribution is 6.18. The number of pyridine rings is 1. The molecule has 1 aliphatic carbocycles. The van der Waals surface area contributed by atoms with Gasteiger partial charge in [0.15, 0.2) is 0 Å². The van der Waals surface area contributed by atoms with E-state index in [1.54, 1.807) is 33.8 Å². The number of carboxylic acids is 1. The van der Waals surface area contributed by atoms with Crippen LogP contribution < -0.4 is 0 Å². The molecule has 0 radical (unpaired) electrons. The molecule has 0 fully saturated rings. The SMILES string of the molecule is CC(C)(C)OC(=O)C1=CCC(C)(C(=O)O)c2nc3ccccc3cc21. The molecule has 0 saturated heterocycles. The molecule has 5 heteroatoms. The molecule has 2 aromatic rings. The lowest BCUT2D eigenvalue weighted by molar-refractivity contribution is -0.148. The predicted octanol–water partition coefficient (Wildman–Crippen LogP) is 3.71. The fourth-order valence-corrected chi connectivity index (χ4v) is 2.97. The Labute approximate surface area is 146 Å². The molecule has 5 nitrogen and oxygen atoms in total. The monoisotopic (exact) mass is 339 g/mol. The summed E-state index contributed by atoms with van der Waals surface area (Å²) in [5.74, 6) is -1.42. The van der Waals surface area contributed by atoms with Gasteiger partial charge in [0.25, 0.3) is 0 Å². The number of ether oxygens (including phenoxy) is 1. The van der Waals surface area contributed by atoms with E-state index in [0.29, 0.717) is 22.3 Å². The number of esters is 1. The molecule has 0 bridgehead atoms. The molecule has 1 atom stereocenters. The van der Waals surface area contributed by atoms with Gasteiger partial charge in [-0.1, -0.05) is 24.3 Å². The standard InChI is InChI=1S/C20H21NO4/c1-19(2,3)25-17(22)13-9-10-20(4,18(23)24)16-14(13)11-12-7-5-6-8-15(12)21-16/h5-9,11H,10H2,1-4H3,(H,23,24). The maximum atomic E-state index is 12.6. The molecule has 1 aromatic carbocycles. The van der Waals surface area contributed by atoms with Gasteiger partial charge < -0.3 is 9.84 Å². The smallest absolute Gasteiger partial charge is 0.338 e. The first-order valence-electron chi connectivity index (χ1n) is 8.19. The van der Waals surface area contributed by atoms with Gasteiger partial charge >= 0.3 is 11.9 Å². The lowest BCUT2D eigenvalue weighted by Crippen LogP contribution is -2.37. The van der Waals surface area contributed by atoms with Crippen molar-refractivity contribution in [2.75, 3.05) is 0 Å². The van der Waals surface area contributed by atoms with Crippen LogP contribution in [0.4, 0.5) is 0 Å². The molecular formula is C20H21NO4. The number of aromatic nitrogens is 1. The van der Waals surface area contributed by atoms with E-state index >= 15 is 0 Å². The first-order valence-corrected chi connectivity index (χ1v) is 8.19. The van der Waals surface area contributed by atoms with Gasteiger partial charge in [0.2, 0.25) is 0 Å². The average molecular weight is 339 g/mol. The third-order valence-electron chi connectivity index (χ3n) is 4.34. The van der Waals surface area contributed by atoms with E-state index in [1.807, 2.05) is 30.3 Å². The van der Waals surface area contributed by atoms with Crippen LogP contribution in [-0.4, -0.2) is 27.6 Å². The Bertz CT molecular complexity index is 908. The van der Waals surface area contributed by atoms with E-state index in [2.05, 4.69) is 4.98 Å². The molecule has 1 aliphatic rings. The van der Waals surface area contributed by atoms with Crippen LogP contribution in [0.15, 0.2) is 36.4 Å². The summed E-state index contributed by atoms with van der Waals surface area (Å²) in [6, 6.07) is 9.29. The van der Waals surface area contributed by atoms with Crippen LogP contribution in [0.2, 0.25) is 0 Å². The zero-order chi connectivity index (χ0) is 18.4. The zero-order valence-electron chi connectivity index (χ0n) is 14.8. The summed E-state index contributed by atoms with van der Waals surface area (Å²) in [4.78, 5) is 29.1. The van der Waals surface area contributed by atoms with Crippen LogP contribution in [-0.2, 0) is 19.7 Å². The maximum Gasteiger partial charge on any atom is 0.338 e. The van der Waals surface area contributed by atoms with Crippen molar-refractivity contribution in [3.63, 3.8) is 0 Å². The lowest BCUT2D eigenvalue weighted by Gasteiger charge is -2.31. The van der Waals surface area contributed by atoms with Crippen molar-refractivity contribution in [3.05, 3.63) is 47.7 Å². The minimum absolute atomic E-state index is 0.190. The molecule has 3 rings (SSSR count). The number of hydrogen-bond donors (Lipinski definition) is 1. The average Bonchev–Trinajstić information content (AvgIpc) is 2.52. The van der Waals surface area contributed by atoms with Crippen molar-refractivity contribution in [3.8, 4) is 0 Å². The molecule has 1 aromatic heterocycles. The number of hydrogen-bond acceptors (Lipinski definition) is 4. The van der Waals surface area contributed by atoms with Crippen molar-refractivity contribution in [2.45, 2.75) is 45.1 Å². The Morgan fingerprint density at radius 1 is 1.24 bits per heavy atom. The van der Waals surface area contributed by atoms with Crippen molar-refractivity contribution < 1.29 is 19.4 Å². The molecule has 0 spiro atoms. The number of carboxylic acid groups (broad SMARTS) is 1. The number of allylic oxidation sites excluding steroid dienone is 1. The number of fused-ring (bicyclic) bond motifs is 2. The molecule has 1 heterocycles. The van der Waals surface area contributed by atoms with Gasteiger partial charge in [-0.15, -0.1) is 0 Å². The summed E-state index contributed by atoms with van der Waals surface area (Å²) in [6.07, 6.45) is 1.84. The summed E-state index contributed by atoms with van der Waals surface area (Å²) in [6.45, 7) is 7.04. The number of rotatable bonds is 2. The van der Waals surface area contributed by atoms with Crippen LogP contribution in [0.1, 0.15) is 45.4 Å². The van der Waals surface area contributed by atoms with Gasteiger partial charge in [-0.05, 0) is 46.2 Å². The van der Waals surface area contributed by atoms with Crippen molar-refractivity contribution in [1.29, 1.82) is 0 Å². The van der Waals surface area contributed by atoms with Crippen molar-refractivity contribution in [2.24, 2.45) is 0 Å². The molecule has 25 heavy (non-hydrogen) atoms. The van der Waals surface area contributed by atoms with E-state index in [0.717, 1.165) is 5.39 Å². The van der Waals surface area contributed by atoms with E-state index in [-0.39, 0.29) is 6.42 Å². The molecule has 0 saturated carbocycles. The van der Waals surface area contributed by atoms with Gasteiger partial charge in [0, 0.05) is 10.9 Å². The van der Waals surface area contributed by atoms with Crippen LogP contribution in [0, 0.1) is 0 Å². The second kappa shape index (κ2) is 5.69. The third-order valence-corrected chi connectivity index (χ3v) is 4.34. The van der Waals surface area contributed by atoms with Gasteiger partial charge in [-0.25, -0.2) is 4.79 Å². The Hall–Kier alpha value is -2.69. The fourth-order valence-electron chi connectivity index (χ4n) is 2.97. The number of para-hydroxylation sites is 1. The van der Waals surface area contributed by atoms with Crippen LogP contribution in [0.5, 0.6) is 0 Å². The second-order valence-corrected chi connectivity index (χ2v) is 7.54. The highest BCUT2D eigenvalue weighted by Gasteiger charge is 2.42. The second-order valence-electron chi connectivity index (χ2n) is 7.54.